The molecule has 1 saturated carbocycles. The molecule has 1 saturated heterocycles. The van der Waals surface area contributed by atoms with Crippen molar-refractivity contribution in [3.05, 3.63) is 0 Å². The van der Waals surface area contributed by atoms with Crippen molar-refractivity contribution in [1.82, 2.24) is 25.5 Å². The molecule has 0 spiro atoms. The van der Waals surface area contributed by atoms with Crippen molar-refractivity contribution >= 4 is 11.8 Å². The highest BCUT2D eigenvalue weighted by Gasteiger charge is 2.21. The quantitative estimate of drug-likeness (QED) is 0.636. The Labute approximate surface area is 124 Å². The lowest BCUT2D eigenvalue weighted by molar-refractivity contribution is 0.0786. The highest BCUT2D eigenvalue weighted by molar-refractivity contribution is 7.99. The maximum absolute atomic E-state index is 5.36. The zero-order valence-corrected chi connectivity index (χ0v) is 12.6. The molecule has 2 fully saturated rings. The summed E-state index contributed by atoms with van der Waals surface area (Å²) in [5, 5.41) is 16.7. The molecule has 1 aromatic heterocycles. The molecule has 0 unspecified atom stereocenters. The Morgan fingerprint density at radius 3 is 2.80 bits per heavy atom. The first-order chi connectivity index (χ1) is 9.93. The van der Waals surface area contributed by atoms with Crippen LogP contribution in [0.3, 0.4) is 0 Å². The molecule has 1 aliphatic heterocycles. The maximum Gasteiger partial charge on any atom is 0.209 e. The summed E-state index contributed by atoms with van der Waals surface area (Å²) >= 11 is 1.76. The zero-order valence-electron chi connectivity index (χ0n) is 11.8. The monoisotopic (exact) mass is 297 g/mol. The molecule has 0 amide bonds. The number of aromatic nitrogens is 4. The highest BCUT2D eigenvalue weighted by atomic mass is 32.2. The van der Waals surface area contributed by atoms with Crippen molar-refractivity contribution in [3.8, 4) is 0 Å². The number of nitrogens with one attached hydrogen (secondary N) is 1. The van der Waals surface area contributed by atoms with Gasteiger partial charge >= 0.3 is 0 Å². The van der Waals surface area contributed by atoms with Crippen LogP contribution in [0.2, 0.25) is 0 Å². The fourth-order valence-electron chi connectivity index (χ4n) is 2.97. The number of nitrogens with zero attached hydrogens (tertiary/aromatic N) is 4. The molecule has 7 heteroatoms. The lowest BCUT2D eigenvalue weighted by Gasteiger charge is -2.23. The van der Waals surface area contributed by atoms with Gasteiger partial charge in [-0.3, -0.25) is 0 Å². The number of rotatable bonds is 6. The molecule has 0 bridgehead atoms. The fraction of sp³-hybridized carbons (Fsp3) is 0.923. The Balaban J connectivity index is 1.40. The van der Waals surface area contributed by atoms with E-state index in [0.717, 1.165) is 43.5 Å². The predicted molar refractivity (Wildman–Crippen MR) is 77.9 cm³/mol. The van der Waals surface area contributed by atoms with E-state index in [9.17, 15) is 0 Å². The van der Waals surface area contributed by atoms with E-state index in [0.29, 0.717) is 12.1 Å². The second-order valence-corrected chi connectivity index (χ2v) is 6.60. The van der Waals surface area contributed by atoms with Gasteiger partial charge in [0.2, 0.25) is 5.16 Å². The van der Waals surface area contributed by atoms with Crippen LogP contribution in [0.5, 0.6) is 0 Å². The van der Waals surface area contributed by atoms with Crippen molar-refractivity contribution in [2.75, 3.05) is 25.5 Å². The summed E-state index contributed by atoms with van der Waals surface area (Å²) < 4.78 is 7.40. The van der Waals surface area contributed by atoms with Gasteiger partial charge in [-0.25, -0.2) is 4.68 Å². The van der Waals surface area contributed by atoms with Gasteiger partial charge in [0.25, 0.3) is 0 Å². The van der Waals surface area contributed by atoms with E-state index in [1.165, 1.54) is 25.7 Å². The van der Waals surface area contributed by atoms with E-state index in [1.807, 2.05) is 4.68 Å². The lowest BCUT2D eigenvalue weighted by atomic mass is 10.1. The minimum Gasteiger partial charge on any atom is -0.381 e. The van der Waals surface area contributed by atoms with Crippen molar-refractivity contribution in [2.24, 2.45) is 0 Å². The molecule has 6 nitrogen and oxygen atoms in total. The van der Waals surface area contributed by atoms with Crippen LogP contribution in [0.4, 0.5) is 0 Å². The van der Waals surface area contributed by atoms with Crippen LogP contribution in [-0.2, 0) is 4.74 Å². The third-order valence-electron chi connectivity index (χ3n) is 4.12. The fourth-order valence-corrected chi connectivity index (χ4v) is 3.78. The van der Waals surface area contributed by atoms with Crippen LogP contribution >= 0.6 is 11.8 Å². The molecule has 0 radical (unpaired) electrons. The van der Waals surface area contributed by atoms with Gasteiger partial charge in [-0.05, 0) is 36.1 Å². The summed E-state index contributed by atoms with van der Waals surface area (Å²) in [6.07, 6.45) is 7.31. The number of hydrogen-bond donors (Lipinski definition) is 1. The molecular formula is C13H23N5OS. The summed E-state index contributed by atoms with van der Waals surface area (Å²) in [6, 6.07) is 1.14. The first-order valence-corrected chi connectivity index (χ1v) is 8.64. The summed E-state index contributed by atoms with van der Waals surface area (Å²) in [5.74, 6) is 1.02. The average molecular weight is 297 g/mol. The maximum atomic E-state index is 5.36. The van der Waals surface area contributed by atoms with E-state index in [1.54, 1.807) is 11.8 Å². The summed E-state index contributed by atoms with van der Waals surface area (Å²) in [5.41, 5.74) is 0. The van der Waals surface area contributed by atoms with E-state index in [-0.39, 0.29) is 0 Å². The van der Waals surface area contributed by atoms with E-state index in [2.05, 4.69) is 20.8 Å². The predicted octanol–water partition coefficient (Wildman–Crippen LogP) is 1.65. The largest absolute Gasteiger partial charge is 0.381 e. The number of thioether (sulfide) groups is 1. The molecule has 2 heterocycles. The minimum atomic E-state index is 0.524. The molecule has 3 rings (SSSR count). The van der Waals surface area contributed by atoms with Crippen molar-refractivity contribution in [2.45, 2.75) is 55.8 Å². The van der Waals surface area contributed by atoms with Gasteiger partial charge in [0.1, 0.15) is 0 Å². The Hall–Kier alpha value is -0.660. The molecule has 0 aromatic carbocycles. The summed E-state index contributed by atoms with van der Waals surface area (Å²) in [4.78, 5) is 0. The zero-order chi connectivity index (χ0) is 13.6. The summed E-state index contributed by atoms with van der Waals surface area (Å²) in [7, 11) is 0. The van der Waals surface area contributed by atoms with Gasteiger partial charge < -0.3 is 10.1 Å². The van der Waals surface area contributed by atoms with Gasteiger partial charge in [0, 0.05) is 31.6 Å². The van der Waals surface area contributed by atoms with E-state index in [4.69, 9.17) is 4.74 Å². The van der Waals surface area contributed by atoms with Crippen LogP contribution in [0, 0.1) is 0 Å². The van der Waals surface area contributed by atoms with Gasteiger partial charge in [0.05, 0.1) is 6.04 Å². The molecule has 20 heavy (non-hydrogen) atoms. The molecule has 1 aromatic rings. The molecule has 1 N–H and O–H groups in total. The number of ether oxygens (including phenoxy) is 1. The lowest BCUT2D eigenvalue weighted by Crippen LogP contribution is -2.36. The normalized spacial score (nSPS) is 21.6. The second-order valence-electron chi connectivity index (χ2n) is 5.53. The van der Waals surface area contributed by atoms with E-state index < -0.39 is 0 Å². The standard InChI is InChI=1S/C13H23N5OS/c1-2-4-12(3-1)18-13(15-16-17-18)20-10-7-14-11-5-8-19-9-6-11/h11-12,14H,1-10H2. The van der Waals surface area contributed by atoms with Crippen LogP contribution in [0.25, 0.3) is 0 Å². The topological polar surface area (TPSA) is 64.9 Å². The molecule has 2 aliphatic rings. The average Bonchev–Trinajstić information content (AvgIpc) is 3.15. The Bertz CT molecular complexity index is 401. The minimum absolute atomic E-state index is 0.524. The first-order valence-electron chi connectivity index (χ1n) is 7.65. The number of hydrogen-bond acceptors (Lipinski definition) is 6. The van der Waals surface area contributed by atoms with Crippen LogP contribution in [-0.4, -0.2) is 51.8 Å². The SMILES string of the molecule is C1CCC(n2nnnc2SCCNC2CCOCC2)C1. The Kier molecular flexibility index (Phi) is 5.27. The van der Waals surface area contributed by atoms with Gasteiger partial charge in [-0.2, -0.15) is 0 Å². The molecule has 0 atom stereocenters. The highest BCUT2D eigenvalue weighted by Crippen LogP contribution is 2.31. The first kappa shape index (κ1) is 14.3. The van der Waals surface area contributed by atoms with Gasteiger partial charge in [-0.1, -0.05) is 24.6 Å². The molecule has 1 aliphatic carbocycles. The Morgan fingerprint density at radius 1 is 1.20 bits per heavy atom. The van der Waals surface area contributed by atoms with Crippen LogP contribution < -0.4 is 5.32 Å². The Morgan fingerprint density at radius 2 is 2.00 bits per heavy atom. The van der Waals surface area contributed by atoms with Crippen molar-refractivity contribution in [1.29, 1.82) is 0 Å². The van der Waals surface area contributed by atoms with Crippen LogP contribution in [0.15, 0.2) is 5.16 Å². The van der Waals surface area contributed by atoms with Gasteiger partial charge in [-0.15, -0.1) is 5.10 Å². The third kappa shape index (κ3) is 3.71. The second kappa shape index (κ2) is 7.38. The third-order valence-corrected chi connectivity index (χ3v) is 5.06. The molecular weight excluding hydrogens is 274 g/mol. The summed E-state index contributed by atoms with van der Waals surface area (Å²) in [6.45, 7) is 2.79. The molecule has 112 valence electrons. The van der Waals surface area contributed by atoms with Gasteiger partial charge in [0.15, 0.2) is 0 Å². The van der Waals surface area contributed by atoms with Crippen molar-refractivity contribution < 1.29 is 4.74 Å². The number of tetrazole rings is 1. The van der Waals surface area contributed by atoms with E-state index >= 15 is 0 Å². The van der Waals surface area contributed by atoms with Crippen LogP contribution in [0.1, 0.15) is 44.6 Å². The smallest absolute Gasteiger partial charge is 0.209 e. The van der Waals surface area contributed by atoms with Crippen molar-refractivity contribution in [3.63, 3.8) is 0 Å².